The summed E-state index contributed by atoms with van der Waals surface area (Å²) in [5.74, 6) is 0. The zero-order valence-corrected chi connectivity index (χ0v) is 57.2. The van der Waals surface area contributed by atoms with Crippen molar-refractivity contribution in [2.24, 2.45) is 0 Å². The molecule has 0 unspecified atom stereocenters. The molecule has 0 aliphatic heterocycles. The van der Waals surface area contributed by atoms with Gasteiger partial charge in [-0.05, 0) is 222 Å². The minimum atomic E-state index is -0.0932. The zero-order chi connectivity index (χ0) is 68.5. The molecule has 16 aromatic carbocycles. The van der Waals surface area contributed by atoms with Gasteiger partial charge in [-0.25, -0.2) is 0 Å². The highest BCUT2D eigenvalue weighted by Gasteiger charge is 2.36. The zero-order valence-electron chi connectivity index (χ0n) is 57.2. The number of hydrogen-bond acceptors (Lipinski definition) is 2. The van der Waals surface area contributed by atoms with Crippen molar-refractivity contribution in [3.63, 3.8) is 0 Å². The molecule has 19 rings (SSSR count). The summed E-state index contributed by atoms with van der Waals surface area (Å²) in [6, 6.07) is 142. The van der Waals surface area contributed by atoms with Crippen LogP contribution in [0.2, 0.25) is 0 Å². The van der Waals surface area contributed by atoms with Crippen molar-refractivity contribution in [2.45, 2.75) is 19.3 Å². The number of aromatic nitrogens is 2. The van der Waals surface area contributed by atoms with Crippen LogP contribution in [0.25, 0.3) is 133 Å². The summed E-state index contributed by atoms with van der Waals surface area (Å²) in [6.07, 6.45) is 0. The molecule has 0 bridgehead atoms. The Labute approximate surface area is 600 Å². The van der Waals surface area contributed by atoms with Crippen molar-refractivity contribution in [3.8, 4) is 89.3 Å². The molecule has 486 valence electrons. The van der Waals surface area contributed by atoms with E-state index in [0.29, 0.717) is 0 Å². The van der Waals surface area contributed by atoms with Crippen LogP contribution >= 0.6 is 0 Å². The maximum absolute atomic E-state index is 2.41. The lowest BCUT2D eigenvalue weighted by molar-refractivity contribution is 0.660. The molecule has 2 heterocycles. The summed E-state index contributed by atoms with van der Waals surface area (Å²) < 4.78 is 4.75. The molecule has 4 nitrogen and oxygen atoms in total. The van der Waals surface area contributed by atoms with Crippen LogP contribution in [0.5, 0.6) is 0 Å². The van der Waals surface area contributed by atoms with Gasteiger partial charge in [-0.15, -0.1) is 0 Å². The minimum Gasteiger partial charge on any atom is -0.311 e. The van der Waals surface area contributed by atoms with Crippen LogP contribution in [0.4, 0.5) is 34.1 Å². The Morgan fingerprint density at radius 3 is 0.971 bits per heavy atom. The highest BCUT2D eigenvalue weighted by Crippen LogP contribution is 2.51. The first kappa shape index (κ1) is 60.9. The smallest absolute Gasteiger partial charge is 0.0541 e. The third kappa shape index (κ3) is 10.8. The van der Waals surface area contributed by atoms with Crippen molar-refractivity contribution in [1.82, 2.24) is 9.13 Å². The summed E-state index contributed by atoms with van der Waals surface area (Å²) in [5.41, 5.74) is 32.9. The predicted molar refractivity (Wildman–Crippen MR) is 435 cm³/mol. The molecule has 0 radical (unpaired) electrons. The molecule has 1 aliphatic carbocycles. The molecular weight excluding hydrogens is 1250 g/mol. The molecule has 0 spiro atoms. The highest BCUT2D eigenvalue weighted by molar-refractivity contribution is 6.11. The molecule has 0 saturated heterocycles. The average molecular weight is 1320 g/mol. The van der Waals surface area contributed by atoms with Crippen LogP contribution in [0.1, 0.15) is 25.0 Å². The third-order valence-electron chi connectivity index (χ3n) is 21.4. The molecule has 0 saturated carbocycles. The lowest BCUT2D eigenvalue weighted by atomic mass is 9.82. The van der Waals surface area contributed by atoms with E-state index in [1.165, 1.54) is 105 Å². The molecule has 0 atom stereocenters. The molecule has 18 aromatic rings. The fourth-order valence-electron chi connectivity index (χ4n) is 16.1. The second-order valence-corrected chi connectivity index (χ2v) is 27.7. The van der Waals surface area contributed by atoms with Gasteiger partial charge in [0.05, 0.1) is 22.1 Å². The molecule has 4 heteroatoms. The summed E-state index contributed by atoms with van der Waals surface area (Å²) in [6.45, 7) is 4.70. The Morgan fingerprint density at radius 2 is 0.495 bits per heavy atom. The standard InChI is InChI=1S/C99H70N4/c1-99(2)93-28-13-9-24-87(93)91-66-86(61-62-94(91)99)101(84-57-46-75(47-58-84)78-48-63-98-92(65-78)90-27-12-16-31-97(90)102(98)79-22-7-4-8-23-79)83-53-40-70(41-54-83)68-32-34-73(35-33-68)76-20-17-21-77(64-76)74-44-55-82(56-45-74)100(80-49-36-69(37-50-80)67-18-5-3-6-19-67)81-51-38-71(39-52-81)72-42-59-85(60-43-72)103-95-29-14-10-25-88(95)89-26-11-15-30-96(89)103/h3-66H,1-2H3. The Hall–Kier alpha value is -13.3. The fraction of sp³-hybridized carbons (Fsp3) is 0.0303. The number of anilines is 6. The van der Waals surface area contributed by atoms with E-state index in [0.717, 1.165) is 73.3 Å². The van der Waals surface area contributed by atoms with E-state index < -0.39 is 0 Å². The molecule has 0 amide bonds. The second-order valence-electron chi connectivity index (χ2n) is 27.7. The second kappa shape index (κ2) is 25.2. The quantitative estimate of drug-likeness (QED) is 0.108. The Bertz CT molecular complexity index is 6130. The van der Waals surface area contributed by atoms with Crippen molar-refractivity contribution < 1.29 is 0 Å². The van der Waals surface area contributed by atoms with Gasteiger partial charge < -0.3 is 18.9 Å². The number of rotatable bonds is 14. The number of nitrogens with zero attached hydrogens (tertiary/aromatic N) is 4. The van der Waals surface area contributed by atoms with Gasteiger partial charge in [-0.3, -0.25) is 0 Å². The van der Waals surface area contributed by atoms with Crippen molar-refractivity contribution in [2.75, 3.05) is 9.80 Å². The van der Waals surface area contributed by atoms with Gasteiger partial charge in [0.1, 0.15) is 0 Å². The van der Waals surface area contributed by atoms with Crippen molar-refractivity contribution >= 4 is 77.7 Å². The van der Waals surface area contributed by atoms with Crippen molar-refractivity contribution in [3.05, 3.63) is 399 Å². The number of fused-ring (bicyclic) bond motifs is 9. The molecule has 0 N–H and O–H groups in total. The monoisotopic (exact) mass is 1310 g/mol. The van der Waals surface area contributed by atoms with Gasteiger partial charge in [-0.2, -0.15) is 0 Å². The van der Waals surface area contributed by atoms with E-state index in [1.54, 1.807) is 0 Å². The van der Waals surface area contributed by atoms with E-state index in [1.807, 2.05) is 0 Å². The normalized spacial score (nSPS) is 12.3. The molecule has 2 aromatic heterocycles. The summed E-state index contributed by atoms with van der Waals surface area (Å²) >= 11 is 0. The molecule has 0 fully saturated rings. The van der Waals surface area contributed by atoms with Crippen LogP contribution in [-0.4, -0.2) is 9.13 Å². The van der Waals surface area contributed by atoms with Crippen LogP contribution in [0, 0.1) is 0 Å². The van der Waals surface area contributed by atoms with Crippen LogP contribution in [0.3, 0.4) is 0 Å². The predicted octanol–water partition coefficient (Wildman–Crippen LogP) is 27.1. The number of benzene rings is 16. The van der Waals surface area contributed by atoms with E-state index in [9.17, 15) is 0 Å². The fourth-order valence-corrected chi connectivity index (χ4v) is 16.1. The van der Waals surface area contributed by atoms with Crippen LogP contribution in [0.15, 0.2) is 388 Å². The molecular formula is C99H70N4. The van der Waals surface area contributed by atoms with E-state index >= 15 is 0 Å². The first-order valence-corrected chi connectivity index (χ1v) is 35.6. The minimum absolute atomic E-state index is 0.0932. The van der Waals surface area contributed by atoms with Gasteiger partial charge in [0.25, 0.3) is 0 Å². The maximum Gasteiger partial charge on any atom is 0.0541 e. The van der Waals surface area contributed by atoms with E-state index in [4.69, 9.17) is 0 Å². The summed E-state index contributed by atoms with van der Waals surface area (Å²) in [4.78, 5) is 4.77. The largest absolute Gasteiger partial charge is 0.311 e. The number of para-hydroxylation sites is 4. The van der Waals surface area contributed by atoms with Crippen LogP contribution in [-0.2, 0) is 5.41 Å². The Balaban J connectivity index is 0.594. The van der Waals surface area contributed by atoms with E-state index in [-0.39, 0.29) is 5.41 Å². The van der Waals surface area contributed by atoms with Gasteiger partial charge in [0, 0.05) is 72.5 Å². The lowest BCUT2D eigenvalue weighted by Gasteiger charge is -2.27. The van der Waals surface area contributed by atoms with Crippen LogP contribution < -0.4 is 9.80 Å². The van der Waals surface area contributed by atoms with Gasteiger partial charge in [0.15, 0.2) is 0 Å². The Morgan fingerprint density at radius 1 is 0.194 bits per heavy atom. The summed E-state index contributed by atoms with van der Waals surface area (Å²) in [5, 5.41) is 5.01. The maximum atomic E-state index is 2.41. The topological polar surface area (TPSA) is 16.3 Å². The van der Waals surface area contributed by atoms with Gasteiger partial charge >= 0.3 is 0 Å². The van der Waals surface area contributed by atoms with E-state index in [2.05, 4.69) is 421 Å². The highest BCUT2D eigenvalue weighted by atomic mass is 15.1. The SMILES string of the molecule is CC1(C)c2ccccc2-c2cc(N(c3ccc(-c4ccc(-c5cccc(-c6ccc(N(c7ccc(-c8ccccc8)cc7)c7ccc(-c8ccc(-n9c%10ccccc%10c%10ccccc%109)cc8)cc7)cc6)c5)cc4)cc3)c3ccc(-c4ccc5c(c4)c4ccccc4n5-c4ccccc4)cc3)ccc21. The number of hydrogen-bond donors (Lipinski definition) is 0. The molecule has 1 aliphatic rings. The first-order valence-electron chi connectivity index (χ1n) is 35.6. The first-order chi connectivity index (χ1) is 50.8. The summed E-state index contributed by atoms with van der Waals surface area (Å²) in [7, 11) is 0. The third-order valence-corrected chi connectivity index (χ3v) is 21.4. The van der Waals surface area contributed by atoms with Gasteiger partial charge in [0.2, 0.25) is 0 Å². The van der Waals surface area contributed by atoms with Gasteiger partial charge in [-0.1, -0.05) is 269 Å². The Kier molecular flexibility index (Phi) is 14.9. The average Bonchev–Trinajstić information content (AvgIpc) is 1.59. The lowest BCUT2D eigenvalue weighted by Crippen LogP contribution is -2.15. The van der Waals surface area contributed by atoms with Crippen molar-refractivity contribution in [1.29, 1.82) is 0 Å². The molecule has 103 heavy (non-hydrogen) atoms.